The van der Waals surface area contributed by atoms with E-state index in [1.165, 1.54) is 7.11 Å². The quantitative estimate of drug-likeness (QED) is 0.512. The maximum Gasteiger partial charge on any atom is 0.339 e. The second-order valence-corrected chi connectivity index (χ2v) is 10.3. The van der Waals surface area contributed by atoms with E-state index >= 15 is 0 Å². The van der Waals surface area contributed by atoms with Crippen molar-refractivity contribution < 1.29 is 18.7 Å². The highest BCUT2D eigenvalue weighted by Gasteiger charge is 2.47. The van der Waals surface area contributed by atoms with E-state index in [0.29, 0.717) is 41.2 Å². The van der Waals surface area contributed by atoms with Gasteiger partial charge in [0.1, 0.15) is 5.58 Å². The number of ether oxygens (including phenoxy) is 1. The van der Waals surface area contributed by atoms with Crippen molar-refractivity contribution in [3.8, 4) is 0 Å². The third-order valence-electron chi connectivity index (χ3n) is 7.92. The Morgan fingerprint density at radius 2 is 1.78 bits per heavy atom. The Morgan fingerprint density at radius 1 is 1.08 bits per heavy atom. The van der Waals surface area contributed by atoms with Crippen LogP contribution < -0.4 is 15.6 Å². The molecule has 1 N–H and O–H groups in total. The molecule has 2 aliphatic rings. The summed E-state index contributed by atoms with van der Waals surface area (Å²) in [6.07, 6.45) is 2.39. The van der Waals surface area contributed by atoms with Gasteiger partial charge in [-0.15, -0.1) is 0 Å². The number of benzene rings is 2. The first-order chi connectivity index (χ1) is 17.7. The minimum Gasteiger partial charge on any atom is -0.465 e. The van der Waals surface area contributed by atoms with Gasteiger partial charge in [0.2, 0.25) is 5.91 Å². The summed E-state index contributed by atoms with van der Waals surface area (Å²) in [6, 6.07) is 12.3. The number of fused-ring (bicyclic) bond motifs is 1. The highest BCUT2D eigenvalue weighted by Crippen LogP contribution is 2.42. The molecular formula is C29H33N3O5. The molecule has 8 nitrogen and oxygen atoms in total. The number of rotatable bonds is 5. The van der Waals surface area contributed by atoms with Gasteiger partial charge in [-0.3, -0.25) is 9.59 Å². The lowest BCUT2D eigenvalue weighted by Crippen LogP contribution is -2.44. The molecule has 2 aromatic carbocycles. The topological polar surface area (TPSA) is 92.1 Å². The van der Waals surface area contributed by atoms with Crippen LogP contribution in [0.15, 0.2) is 51.7 Å². The number of methoxy groups -OCH3 is 1. The Balaban J connectivity index is 1.47. The van der Waals surface area contributed by atoms with Crippen molar-refractivity contribution in [2.75, 3.05) is 44.0 Å². The molecule has 194 valence electrons. The van der Waals surface area contributed by atoms with Crippen molar-refractivity contribution >= 4 is 34.4 Å². The summed E-state index contributed by atoms with van der Waals surface area (Å²) < 4.78 is 11.4. The van der Waals surface area contributed by atoms with Crippen LogP contribution in [0, 0.1) is 12.3 Å². The molecule has 2 fully saturated rings. The lowest BCUT2D eigenvalue weighted by atomic mass is 9.77. The van der Waals surface area contributed by atoms with Gasteiger partial charge in [0.25, 0.3) is 0 Å². The highest BCUT2D eigenvalue weighted by atomic mass is 16.5. The van der Waals surface area contributed by atoms with Gasteiger partial charge in [-0.25, -0.2) is 4.79 Å². The molecule has 0 aliphatic carbocycles. The number of amides is 1. The number of aryl methyl sites for hydroxylation is 1. The zero-order chi connectivity index (χ0) is 26.3. The number of nitrogens with one attached hydrogen (secondary N) is 1. The smallest absolute Gasteiger partial charge is 0.339 e. The summed E-state index contributed by atoms with van der Waals surface area (Å²) >= 11 is 0. The van der Waals surface area contributed by atoms with E-state index in [1.54, 1.807) is 18.2 Å². The van der Waals surface area contributed by atoms with Crippen LogP contribution >= 0.6 is 0 Å². The fourth-order valence-corrected chi connectivity index (χ4v) is 5.72. The lowest BCUT2D eigenvalue weighted by Gasteiger charge is -2.38. The van der Waals surface area contributed by atoms with E-state index in [1.807, 2.05) is 50.1 Å². The largest absolute Gasteiger partial charge is 0.465 e. The molecule has 1 unspecified atom stereocenters. The molecule has 2 aliphatic heterocycles. The number of hydrogen-bond acceptors (Lipinski definition) is 7. The van der Waals surface area contributed by atoms with Crippen LogP contribution in [0.4, 0.5) is 11.6 Å². The van der Waals surface area contributed by atoms with Gasteiger partial charge in [-0.1, -0.05) is 18.2 Å². The van der Waals surface area contributed by atoms with Crippen molar-refractivity contribution in [3.63, 3.8) is 0 Å². The fourth-order valence-electron chi connectivity index (χ4n) is 5.72. The van der Waals surface area contributed by atoms with E-state index in [4.69, 9.17) is 9.15 Å². The molecule has 1 spiro atoms. The summed E-state index contributed by atoms with van der Waals surface area (Å²) in [6.45, 7) is 6.05. The Morgan fingerprint density at radius 3 is 2.46 bits per heavy atom. The normalized spacial score (nSPS) is 17.9. The molecule has 1 aromatic heterocycles. The van der Waals surface area contributed by atoms with Crippen LogP contribution in [0.2, 0.25) is 0 Å². The number of esters is 1. The van der Waals surface area contributed by atoms with Gasteiger partial charge in [0.15, 0.2) is 11.3 Å². The molecule has 0 bridgehead atoms. The van der Waals surface area contributed by atoms with E-state index in [9.17, 15) is 14.4 Å². The van der Waals surface area contributed by atoms with Gasteiger partial charge >= 0.3 is 5.97 Å². The Bertz CT molecular complexity index is 1420. The van der Waals surface area contributed by atoms with Crippen LogP contribution in [-0.4, -0.2) is 50.6 Å². The summed E-state index contributed by atoms with van der Waals surface area (Å²) in [5.41, 5.74) is 3.00. The molecule has 3 heterocycles. The third-order valence-corrected chi connectivity index (χ3v) is 7.92. The Kier molecular flexibility index (Phi) is 6.43. The second-order valence-electron chi connectivity index (χ2n) is 10.3. The SMILES string of the molecule is COC(=O)c1ccccc1NC(C)c1cc(C)cc2c(=O)cc(N3CCC4(CCN(C)C4=O)CC3)oc12. The van der Waals surface area contributed by atoms with E-state index in [2.05, 4.69) is 10.2 Å². The van der Waals surface area contributed by atoms with E-state index in [-0.39, 0.29) is 22.8 Å². The maximum atomic E-state index is 13.2. The molecular weight excluding hydrogens is 470 g/mol. The minimum absolute atomic E-state index is 0.0969. The average Bonchev–Trinajstić information content (AvgIpc) is 3.17. The number of carbonyl (C=O) groups excluding carboxylic acids is 2. The zero-order valence-electron chi connectivity index (χ0n) is 21.8. The summed E-state index contributed by atoms with van der Waals surface area (Å²) in [7, 11) is 3.23. The van der Waals surface area contributed by atoms with Crippen LogP contribution in [0.3, 0.4) is 0 Å². The molecule has 37 heavy (non-hydrogen) atoms. The summed E-state index contributed by atoms with van der Waals surface area (Å²) in [5, 5.41) is 3.93. The number of carbonyl (C=O) groups is 2. The molecule has 8 heteroatoms. The summed E-state index contributed by atoms with van der Waals surface area (Å²) in [5.74, 6) is 0.337. The molecule has 3 aromatic rings. The first kappa shape index (κ1) is 24.9. The van der Waals surface area contributed by atoms with Gasteiger partial charge in [0.05, 0.1) is 29.5 Å². The predicted molar refractivity (Wildman–Crippen MR) is 143 cm³/mol. The number of nitrogens with zero attached hydrogens (tertiary/aromatic N) is 2. The Labute approximate surface area is 216 Å². The standard InChI is InChI=1S/C29H33N3O5/c1-18-15-21(19(2)30-23-8-6-5-7-20(23)27(34)36-4)26-22(16-18)24(33)17-25(37-26)32-13-10-29(11-14-32)9-12-31(3)28(29)35/h5-8,15-17,19,30H,9-14H2,1-4H3. The maximum absolute atomic E-state index is 13.2. The molecule has 2 saturated heterocycles. The van der Waals surface area contributed by atoms with Crippen molar-refractivity contribution in [1.82, 2.24) is 4.90 Å². The molecule has 0 radical (unpaired) electrons. The van der Waals surface area contributed by atoms with E-state index < -0.39 is 5.97 Å². The first-order valence-electron chi connectivity index (χ1n) is 12.8. The second kappa shape index (κ2) is 9.57. The average molecular weight is 504 g/mol. The fraction of sp³-hybridized carbons (Fsp3) is 0.414. The molecule has 0 saturated carbocycles. The van der Waals surface area contributed by atoms with Gasteiger partial charge < -0.3 is 24.3 Å². The van der Waals surface area contributed by atoms with Crippen LogP contribution in [0.5, 0.6) is 0 Å². The first-order valence-corrected chi connectivity index (χ1v) is 12.8. The van der Waals surface area contributed by atoms with Gasteiger partial charge in [-0.05, 0) is 56.9 Å². The monoisotopic (exact) mass is 503 g/mol. The number of likely N-dealkylation sites (tertiary alicyclic amines) is 1. The van der Waals surface area contributed by atoms with Gasteiger partial charge in [-0.2, -0.15) is 0 Å². The zero-order valence-corrected chi connectivity index (χ0v) is 21.8. The van der Waals surface area contributed by atoms with Crippen molar-refractivity contribution in [2.45, 2.75) is 39.2 Å². The number of hydrogen-bond donors (Lipinski definition) is 1. The third kappa shape index (κ3) is 4.45. The Hall–Kier alpha value is -3.81. The predicted octanol–water partition coefficient (Wildman–Crippen LogP) is 4.51. The molecule has 1 atom stereocenters. The summed E-state index contributed by atoms with van der Waals surface area (Å²) in [4.78, 5) is 42.1. The molecule has 5 rings (SSSR count). The number of para-hydroxylation sites is 1. The van der Waals surface area contributed by atoms with Crippen molar-refractivity contribution in [1.29, 1.82) is 0 Å². The number of anilines is 2. The van der Waals surface area contributed by atoms with Crippen LogP contribution in [0.1, 0.15) is 53.7 Å². The molecule has 1 amide bonds. The van der Waals surface area contributed by atoms with Crippen LogP contribution in [-0.2, 0) is 9.53 Å². The lowest BCUT2D eigenvalue weighted by molar-refractivity contribution is -0.135. The minimum atomic E-state index is -0.423. The van der Waals surface area contributed by atoms with Crippen molar-refractivity contribution in [2.24, 2.45) is 5.41 Å². The van der Waals surface area contributed by atoms with Crippen LogP contribution in [0.25, 0.3) is 11.0 Å². The number of piperidine rings is 1. The van der Waals surface area contributed by atoms with Crippen molar-refractivity contribution in [3.05, 3.63) is 69.4 Å². The highest BCUT2D eigenvalue weighted by molar-refractivity contribution is 5.95. The van der Waals surface area contributed by atoms with E-state index in [0.717, 1.165) is 36.9 Å². The van der Waals surface area contributed by atoms with Gasteiger partial charge in [0, 0.05) is 44.0 Å².